The molecule has 36 heavy (non-hydrogen) atoms. The van der Waals surface area contributed by atoms with Gasteiger partial charge >= 0.3 is 0 Å². The highest BCUT2D eigenvalue weighted by Crippen LogP contribution is 2.46. The van der Waals surface area contributed by atoms with Crippen LogP contribution in [0.25, 0.3) is 10.4 Å². The third-order valence-corrected chi connectivity index (χ3v) is 6.13. The molecule has 0 radical (unpaired) electrons. The lowest BCUT2D eigenvalue weighted by Gasteiger charge is -2.36. The molecule has 10 heteroatoms. The topological polar surface area (TPSA) is 129 Å². The van der Waals surface area contributed by atoms with Crippen LogP contribution < -0.4 is 4.74 Å². The van der Waals surface area contributed by atoms with Crippen molar-refractivity contribution in [3.63, 3.8) is 0 Å². The predicted octanol–water partition coefficient (Wildman–Crippen LogP) is 4.08. The minimum atomic E-state index is -1.33. The normalized spacial score (nSPS) is 21.2. The van der Waals surface area contributed by atoms with Crippen LogP contribution >= 0.6 is 0 Å². The molecule has 0 bridgehead atoms. The number of nitrogens with zero attached hydrogens (tertiary/aromatic N) is 5. The van der Waals surface area contributed by atoms with Gasteiger partial charge in [0.15, 0.2) is 11.6 Å². The maximum atomic E-state index is 14.0. The molecule has 188 valence electrons. The third kappa shape index (κ3) is 5.21. The minimum absolute atomic E-state index is 0.0595. The number of hydrogen-bond acceptors (Lipinski definition) is 7. The Bertz CT molecular complexity index is 1160. The molecule has 2 aliphatic heterocycles. The Balaban J connectivity index is 1.76. The van der Waals surface area contributed by atoms with Crippen LogP contribution in [0.2, 0.25) is 0 Å². The number of aliphatic hydroxyl groups excluding tert-OH is 1. The number of amides is 1. The Morgan fingerprint density at radius 3 is 2.72 bits per heavy atom. The molecule has 4 rings (SSSR count). The summed E-state index contributed by atoms with van der Waals surface area (Å²) in [7, 11) is 0. The summed E-state index contributed by atoms with van der Waals surface area (Å²) >= 11 is 0. The Hall–Kier alpha value is -3.85. The summed E-state index contributed by atoms with van der Waals surface area (Å²) in [5.41, 5.74) is 9.42. The van der Waals surface area contributed by atoms with Crippen molar-refractivity contribution in [3.05, 3.63) is 82.8 Å². The number of morpholine rings is 1. The van der Waals surface area contributed by atoms with Crippen LogP contribution in [-0.2, 0) is 14.3 Å². The van der Waals surface area contributed by atoms with E-state index in [1.165, 1.54) is 0 Å². The first-order chi connectivity index (χ1) is 17.6. The van der Waals surface area contributed by atoms with Crippen LogP contribution in [0.4, 0.5) is 5.69 Å². The monoisotopic (exact) mass is 491 g/mol. The maximum Gasteiger partial charge on any atom is 0.255 e. The van der Waals surface area contributed by atoms with Crippen LogP contribution in [-0.4, -0.2) is 66.9 Å². The van der Waals surface area contributed by atoms with Gasteiger partial charge in [0, 0.05) is 54.3 Å². The summed E-state index contributed by atoms with van der Waals surface area (Å²) in [5.74, 6) is 0.768. The maximum absolute atomic E-state index is 14.0. The molecule has 0 aromatic heterocycles. The molecule has 2 heterocycles. The van der Waals surface area contributed by atoms with Crippen molar-refractivity contribution >= 4 is 17.5 Å². The first-order valence-electron chi connectivity index (χ1n) is 11.9. The molecule has 0 spiro atoms. The zero-order valence-electron chi connectivity index (χ0n) is 20.0. The molecule has 1 fully saturated rings. The molecule has 1 N–H and O–H groups in total. The predicted molar refractivity (Wildman–Crippen MR) is 134 cm³/mol. The van der Waals surface area contributed by atoms with Gasteiger partial charge in [0.25, 0.3) is 5.91 Å². The summed E-state index contributed by atoms with van der Waals surface area (Å²) in [6, 6.07) is 14.3. The van der Waals surface area contributed by atoms with E-state index in [0.717, 1.165) is 0 Å². The number of carbonyl (C=O) groups excluding carboxylic acids is 1. The standard InChI is InChI=1S/C26H29N5O5/c1-2-12-26(25(33)31-13-17-34-18-14-31)23(21-6-3-4-7-22(21)29-30-27)36-24(28-26)19-8-10-20(11-9-19)35-16-5-15-32/h2-4,6-11,23,32H,1,5,12-18H2/t23-,26-/m1/s1. The second-order valence-corrected chi connectivity index (χ2v) is 8.43. The highest BCUT2D eigenvalue weighted by atomic mass is 16.5. The van der Waals surface area contributed by atoms with Gasteiger partial charge in [-0.3, -0.25) is 4.79 Å². The number of benzene rings is 2. The summed E-state index contributed by atoms with van der Waals surface area (Å²) in [6.07, 6.45) is 1.60. The molecular weight excluding hydrogens is 462 g/mol. The van der Waals surface area contributed by atoms with E-state index in [9.17, 15) is 4.79 Å². The van der Waals surface area contributed by atoms with Gasteiger partial charge in [-0.05, 0) is 29.8 Å². The lowest BCUT2D eigenvalue weighted by Crippen LogP contribution is -2.53. The molecule has 2 atom stereocenters. The summed E-state index contributed by atoms with van der Waals surface area (Å²) in [4.78, 5) is 23.6. The number of carbonyl (C=O) groups is 1. The molecule has 0 unspecified atom stereocenters. The van der Waals surface area contributed by atoms with Crippen molar-refractivity contribution in [1.82, 2.24) is 4.90 Å². The second-order valence-electron chi connectivity index (χ2n) is 8.43. The van der Waals surface area contributed by atoms with E-state index in [4.69, 9.17) is 29.8 Å². The molecule has 2 aliphatic rings. The molecule has 1 amide bonds. The highest BCUT2D eigenvalue weighted by molar-refractivity contribution is 6.01. The fourth-order valence-corrected chi connectivity index (χ4v) is 4.39. The quantitative estimate of drug-likeness (QED) is 0.176. The van der Waals surface area contributed by atoms with E-state index in [0.29, 0.717) is 67.8 Å². The summed E-state index contributed by atoms with van der Waals surface area (Å²) < 4.78 is 17.5. The van der Waals surface area contributed by atoms with Crippen molar-refractivity contribution in [3.8, 4) is 5.75 Å². The zero-order chi connectivity index (χ0) is 25.4. The van der Waals surface area contributed by atoms with E-state index in [1.54, 1.807) is 41.3 Å². The van der Waals surface area contributed by atoms with Gasteiger partial charge in [-0.2, -0.15) is 0 Å². The Labute approximate surface area is 209 Å². The van der Waals surface area contributed by atoms with Crippen LogP contribution in [0.1, 0.15) is 30.1 Å². The lowest BCUT2D eigenvalue weighted by molar-refractivity contribution is -0.143. The molecule has 10 nitrogen and oxygen atoms in total. The van der Waals surface area contributed by atoms with Gasteiger partial charge in [0.1, 0.15) is 5.75 Å². The van der Waals surface area contributed by atoms with E-state index in [-0.39, 0.29) is 18.9 Å². The number of ether oxygens (including phenoxy) is 3. The smallest absolute Gasteiger partial charge is 0.255 e. The highest BCUT2D eigenvalue weighted by Gasteiger charge is 2.54. The number of rotatable bonds is 10. The van der Waals surface area contributed by atoms with Crippen molar-refractivity contribution in [1.29, 1.82) is 0 Å². The zero-order valence-corrected chi connectivity index (χ0v) is 20.0. The van der Waals surface area contributed by atoms with Crippen LogP contribution in [0, 0.1) is 0 Å². The molecule has 0 aliphatic carbocycles. The Morgan fingerprint density at radius 1 is 1.28 bits per heavy atom. The van der Waals surface area contributed by atoms with E-state index in [1.807, 2.05) is 18.2 Å². The average molecular weight is 492 g/mol. The van der Waals surface area contributed by atoms with Gasteiger partial charge in [0.2, 0.25) is 5.90 Å². The van der Waals surface area contributed by atoms with E-state index >= 15 is 0 Å². The van der Waals surface area contributed by atoms with Gasteiger partial charge in [-0.1, -0.05) is 35.5 Å². The largest absolute Gasteiger partial charge is 0.494 e. The molecule has 2 aromatic rings. The fourth-order valence-electron chi connectivity index (χ4n) is 4.39. The van der Waals surface area contributed by atoms with Crippen molar-refractivity contribution in [2.75, 3.05) is 39.5 Å². The number of azide groups is 1. The van der Waals surface area contributed by atoms with Crippen LogP contribution in [0.15, 0.2) is 71.3 Å². The molecule has 2 aromatic carbocycles. The Morgan fingerprint density at radius 2 is 2.03 bits per heavy atom. The Kier molecular flexibility index (Phi) is 8.22. The van der Waals surface area contributed by atoms with Gasteiger partial charge in [-0.25, -0.2) is 4.99 Å². The van der Waals surface area contributed by atoms with Gasteiger partial charge in [0.05, 0.1) is 19.8 Å². The number of hydrogen-bond donors (Lipinski definition) is 1. The minimum Gasteiger partial charge on any atom is -0.494 e. The first kappa shape index (κ1) is 25.2. The van der Waals surface area contributed by atoms with Crippen molar-refractivity contribution < 1.29 is 24.1 Å². The van der Waals surface area contributed by atoms with Crippen LogP contribution in [0.3, 0.4) is 0 Å². The van der Waals surface area contributed by atoms with Gasteiger partial charge < -0.3 is 24.2 Å². The average Bonchev–Trinajstić information content (AvgIpc) is 3.30. The SMILES string of the molecule is C=CC[C@@]1(C(=O)N2CCOCC2)N=C(c2ccc(OCCCO)cc2)O[C@@H]1c1ccccc1N=[N+]=[N-]. The third-order valence-electron chi connectivity index (χ3n) is 6.13. The first-order valence-corrected chi connectivity index (χ1v) is 11.9. The van der Waals surface area contributed by atoms with Crippen molar-refractivity contribution in [2.45, 2.75) is 24.5 Å². The summed E-state index contributed by atoms with van der Waals surface area (Å²) in [6.45, 7) is 6.16. The fraction of sp³-hybridized carbons (Fsp3) is 0.385. The summed E-state index contributed by atoms with van der Waals surface area (Å²) in [5, 5.41) is 12.8. The molecule has 0 saturated carbocycles. The van der Waals surface area contributed by atoms with Gasteiger partial charge in [-0.15, -0.1) is 6.58 Å². The van der Waals surface area contributed by atoms with E-state index in [2.05, 4.69) is 16.6 Å². The van der Waals surface area contributed by atoms with E-state index < -0.39 is 11.6 Å². The molecular formula is C26H29N5O5. The van der Waals surface area contributed by atoms with Crippen LogP contribution in [0.5, 0.6) is 5.75 Å². The van der Waals surface area contributed by atoms with Crippen molar-refractivity contribution in [2.24, 2.45) is 10.1 Å². The second kappa shape index (κ2) is 11.7. The number of aliphatic imine (C=N–C) groups is 1. The number of aliphatic hydroxyl groups is 1. The molecule has 1 saturated heterocycles. The lowest BCUT2D eigenvalue weighted by atomic mass is 9.83.